The van der Waals surface area contributed by atoms with Crippen LogP contribution < -0.4 is 0 Å². The van der Waals surface area contributed by atoms with Crippen LogP contribution in [0.5, 0.6) is 0 Å². The fraction of sp³-hybridized carbons (Fsp3) is 0.955. The highest BCUT2D eigenvalue weighted by Gasteiger charge is 2.70. The van der Waals surface area contributed by atoms with Gasteiger partial charge in [0.15, 0.2) is 24.7 Å². The molecule has 1 spiro atoms. The molecule has 354 valence electrons. The van der Waals surface area contributed by atoms with Gasteiger partial charge in [0.05, 0.1) is 38.1 Å². The zero-order valence-corrected chi connectivity index (χ0v) is 36.1. The molecule has 5 aliphatic heterocycles. The first-order valence-electron chi connectivity index (χ1n) is 23.0. The van der Waals surface area contributed by atoms with E-state index in [0.717, 1.165) is 32.1 Å². The molecule has 18 heteroatoms. The van der Waals surface area contributed by atoms with Crippen molar-refractivity contribution in [3.8, 4) is 0 Å². The number of hydrogen-bond acceptors (Lipinski definition) is 18. The molecule has 9 aliphatic rings. The lowest BCUT2D eigenvalue weighted by Gasteiger charge is -2.59. The zero-order chi connectivity index (χ0) is 44.2. The molecule has 0 bridgehead atoms. The van der Waals surface area contributed by atoms with E-state index in [2.05, 4.69) is 26.8 Å². The van der Waals surface area contributed by atoms with Crippen molar-refractivity contribution in [1.82, 2.24) is 0 Å². The Morgan fingerprint density at radius 1 is 0.694 bits per heavy atom. The van der Waals surface area contributed by atoms with Gasteiger partial charge in [0.25, 0.3) is 0 Å². The van der Waals surface area contributed by atoms with Crippen LogP contribution >= 0.6 is 0 Å². The second-order valence-electron chi connectivity index (χ2n) is 20.6. The quantitative estimate of drug-likeness (QED) is 0.122. The molecule has 5 heterocycles. The van der Waals surface area contributed by atoms with Crippen LogP contribution in [-0.2, 0) is 37.9 Å². The number of fused-ring (bicyclic) bond motifs is 7. The Bertz CT molecular complexity index is 1620. The maximum absolute atomic E-state index is 11.9. The fourth-order valence-corrected chi connectivity index (χ4v) is 14.0. The molecule has 0 amide bonds. The van der Waals surface area contributed by atoms with Gasteiger partial charge in [0.1, 0.15) is 67.1 Å². The van der Waals surface area contributed by atoms with E-state index in [0.29, 0.717) is 43.6 Å². The third kappa shape index (κ3) is 7.30. The Morgan fingerprint density at radius 2 is 1.39 bits per heavy atom. The standard InChI is InChI=1S/C44H70O18/c1-18-30-26(62-44(18)29(48)11-20(14-45)17-55-44)13-25-23-6-5-21-12-22(7-9-42(21,3)24(23)8-10-43(25,30)4)57-41-38(61-39-35(53)33(51)31(49)19(2)56-39)36(54)37(28(16-47)59-41)60-40-34(52)32(50)27(15-46)58-40/h5,18-20,22-41,45-54H,6-17H2,1-4H3/t18-,19-,20-,22-,23+,24-,25-,26-,27-,28+,29-,30-,31-,32-,33+,34+,35+,36-,37+,38+,39-,40-,41+,42-,43-,44-/m0/s1. The van der Waals surface area contributed by atoms with E-state index in [9.17, 15) is 51.1 Å². The zero-order valence-electron chi connectivity index (χ0n) is 36.1. The summed E-state index contributed by atoms with van der Waals surface area (Å²) in [5, 5.41) is 106. The van der Waals surface area contributed by atoms with Gasteiger partial charge in [-0.05, 0) is 92.8 Å². The van der Waals surface area contributed by atoms with Crippen LogP contribution in [0, 0.1) is 46.3 Å². The van der Waals surface area contributed by atoms with Crippen molar-refractivity contribution in [2.24, 2.45) is 46.3 Å². The summed E-state index contributed by atoms with van der Waals surface area (Å²) < 4.78 is 49.4. The summed E-state index contributed by atoms with van der Waals surface area (Å²) in [6.07, 6.45) is -12.5. The van der Waals surface area contributed by atoms with Gasteiger partial charge in [-0.2, -0.15) is 0 Å². The average Bonchev–Trinajstić information content (AvgIpc) is 3.83. The molecule has 10 N–H and O–H groups in total. The van der Waals surface area contributed by atoms with Gasteiger partial charge in [0.2, 0.25) is 0 Å². The maximum atomic E-state index is 11.9. The SMILES string of the molecule is C[C@@H]1O[C@@H](O[C@H]2[C@H](O[C@H]3CC[C@@]4(C)C(=CC[C@H]5[C@@H]6C[C@@H]7O[C@@]8(OC[C@H](CO)C[C@@H]8O)[C@@H](C)[C@@H]7[C@@]6(C)CC[C@@H]54)C3)O[C@H](CO)[C@@H](O[C@@H]3O[C@@H](CO)[C@H](O)[C@H]3O)[C@@H]2O)[C@H](O)[C@H](O)[C@H]1O. The van der Waals surface area contributed by atoms with Gasteiger partial charge in [-0.1, -0.05) is 32.4 Å². The van der Waals surface area contributed by atoms with Gasteiger partial charge in [-0.25, -0.2) is 0 Å². The Hall–Kier alpha value is -0.980. The Labute approximate surface area is 362 Å². The maximum Gasteiger partial charge on any atom is 0.197 e. The normalized spacial score (nSPS) is 57.5. The highest BCUT2D eigenvalue weighted by atomic mass is 16.8. The molecule has 0 aromatic rings. The largest absolute Gasteiger partial charge is 0.396 e. The van der Waals surface area contributed by atoms with E-state index in [-0.39, 0.29) is 41.3 Å². The Balaban J connectivity index is 0.910. The van der Waals surface area contributed by atoms with E-state index in [4.69, 9.17) is 37.9 Å². The van der Waals surface area contributed by atoms with Gasteiger partial charge in [-0.15, -0.1) is 0 Å². The summed E-state index contributed by atoms with van der Waals surface area (Å²) in [4.78, 5) is 0. The van der Waals surface area contributed by atoms with Crippen LogP contribution in [0.3, 0.4) is 0 Å². The minimum atomic E-state index is -1.72. The third-order valence-corrected chi connectivity index (χ3v) is 17.5. The second-order valence-corrected chi connectivity index (χ2v) is 20.6. The topological polar surface area (TPSA) is 276 Å². The van der Waals surface area contributed by atoms with Crippen LogP contribution in [0.4, 0.5) is 0 Å². The highest BCUT2D eigenvalue weighted by Crippen LogP contribution is 2.70. The molecule has 62 heavy (non-hydrogen) atoms. The van der Waals surface area contributed by atoms with Crippen LogP contribution in [0.2, 0.25) is 0 Å². The van der Waals surface area contributed by atoms with Crippen molar-refractivity contribution in [3.05, 3.63) is 11.6 Å². The molecule has 0 aromatic carbocycles. The monoisotopic (exact) mass is 886 g/mol. The summed E-state index contributed by atoms with van der Waals surface area (Å²) in [5.74, 6) is 0.476. The molecule has 5 saturated heterocycles. The lowest BCUT2D eigenvalue weighted by Crippen LogP contribution is -2.65. The minimum Gasteiger partial charge on any atom is -0.396 e. The summed E-state index contributed by atoms with van der Waals surface area (Å²) >= 11 is 0. The molecule has 18 nitrogen and oxygen atoms in total. The van der Waals surface area contributed by atoms with E-state index in [1.807, 2.05) is 0 Å². The average molecular weight is 887 g/mol. The molecule has 0 aromatic heterocycles. The van der Waals surface area contributed by atoms with E-state index in [1.165, 1.54) is 12.5 Å². The number of ether oxygens (including phenoxy) is 8. The predicted octanol–water partition coefficient (Wildman–Crippen LogP) is -1.20. The fourth-order valence-electron chi connectivity index (χ4n) is 14.0. The molecule has 8 fully saturated rings. The number of rotatable bonds is 9. The molecular weight excluding hydrogens is 816 g/mol. The van der Waals surface area contributed by atoms with Gasteiger partial charge < -0.3 is 89.0 Å². The Morgan fingerprint density at radius 3 is 2.08 bits per heavy atom. The molecule has 4 aliphatic carbocycles. The van der Waals surface area contributed by atoms with Crippen LogP contribution in [0.15, 0.2) is 11.6 Å². The summed E-state index contributed by atoms with van der Waals surface area (Å²) in [7, 11) is 0. The predicted molar refractivity (Wildman–Crippen MR) is 211 cm³/mol. The van der Waals surface area contributed by atoms with Gasteiger partial charge >= 0.3 is 0 Å². The van der Waals surface area contributed by atoms with Crippen molar-refractivity contribution in [2.45, 2.75) is 189 Å². The number of allylic oxidation sites excluding steroid dienone is 1. The summed E-state index contributed by atoms with van der Waals surface area (Å²) in [6.45, 7) is 7.57. The molecule has 0 radical (unpaired) electrons. The van der Waals surface area contributed by atoms with Crippen molar-refractivity contribution in [1.29, 1.82) is 0 Å². The van der Waals surface area contributed by atoms with Gasteiger partial charge in [-0.3, -0.25) is 0 Å². The lowest BCUT2D eigenvalue weighted by molar-refractivity contribution is -0.380. The highest BCUT2D eigenvalue weighted by molar-refractivity contribution is 5.26. The van der Waals surface area contributed by atoms with Crippen molar-refractivity contribution < 1.29 is 89.0 Å². The molecule has 9 rings (SSSR count). The molecule has 3 saturated carbocycles. The minimum absolute atomic E-state index is 0.00776. The van der Waals surface area contributed by atoms with Crippen molar-refractivity contribution >= 4 is 0 Å². The first-order chi connectivity index (χ1) is 29.5. The number of aliphatic hydroxyl groups excluding tert-OH is 10. The van der Waals surface area contributed by atoms with Crippen LogP contribution in [0.25, 0.3) is 0 Å². The van der Waals surface area contributed by atoms with E-state index < -0.39 is 117 Å². The Kier molecular flexibility index (Phi) is 12.9. The molecular formula is C44H70O18. The lowest BCUT2D eigenvalue weighted by atomic mass is 9.47. The van der Waals surface area contributed by atoms with E-state index in [1.54, 1.807) is 0 Å². The molecule has 26 atom stereocenters. The molecule has 0 unspecified atom stereocenters. The van der Waals surface area contributed by atoms with E-state index >= 15 is 0 Å². The third-order valence-electron chi connectivity index (χ3n) is 17.5. The summed E-state index contributed by atoms with van der Waals surface area (Å²) in [6, 6.07) is 0. The van der Waals surface area contributed by atoms with Crippen molar-refractivity contribution in [3.63, 3.8) is 0 Å². The first-order valence-corrected chi connectivity index (χ1v) is 23.0. The van der Waals surface area contributed by atoms with Crippen molar-refractivity contribution in [2.75, 3.05) is 26.4 Å². The second kappa shape index (κ2) is 17.3. The van der Waals surface area contributed by atoms with Crippen LogP contribution in [-0.4, -0.2) is 188 Å². The smallest absolute Gasteiger partial charge is 0.197 e. The first kappa shape index (κ1) is 46.1. The number of hydrogen-bond donors (Lipinski definition) is 10. The number of aliphatic hydroxyl groups is 10. The van der Waals surface area contributed by atoms with Gasteiger partial charge in [0, 0.05) is 18.4 Å². The summed E-state index contributed by atoms with van der Waals surface area (Å²) in [5.41, 5.74) is 1.24. The van der Waals surface area contributed by atoms with Crippen LogP contribution in [0.1, 0.15) is 79.1 Å².